The van der Waals surface area contributed by atoms with Crippen molar-refractivity contribution in [3.05, 3.63) is 89.7 Å². The first kappa shape index (κ1) is 19.0. The lowest BCUT2D eigenvalue weighted by molar-refractivity contribution is -0.115. The number of hydrogen-bond acceptors (Lipinski definition) is 3. The highest BCUT2D eigenvalue weighted by atomic mass is 32.2. The normalized spacial score (nSPS) is 11.7. The second-order valence-electron chi connectivity index (χ2n) is 6.06. The lowest BCUT2D eigenvalue weighted by Gasteiger charge is -2.18. The van der Waals surface area contributed by atoms with E-state index < -0.39 is 5.25 Å². The predicted octanol–water partition coefficient (Wildman–Crippen LogP) is 5.61. The first-order chi connectivity index (χ1) is 13.1. The van der Waals surface area contributed by atoms with Gasteiger partial charge in [0, 0.05) is 4.90 Å². The second-order valence-corrected chi connectivity index (χ2v) is 7.23. The fourth-order valence-electron chi connectivity index (χ4n) is 2.67. The van der Waals surface area contributed by atoms with Crippen molar-refractivity contribution in [2.24, 2.45) is 0 Å². The quantitative estimate of drug-likeness (QED) is 0.564. The van der Waals surface area contributed by atoms with Crippen molar-refractivity contribution >= 4 is 23.4 Å². The Morgan fingerprint density at radius 3 is 2.41 bits per heavy atom. The van der Waals surface area contributed by atoms with Crippen molar-refractivity contribution in [3.8, 4) is 5.75 Å². The Balaban J connectivity index is 1.89. The van der Waals surface area contributed by atoms with Crippen LogP contribution in [0.25, 0.3) is 0 Å². The number of hydrogen-bond donors (Lipinski definition) is 1. The summed E-state index contributed by atoms with van der Waals surface area (Å²) in [7, 11) is 1.57. The van der Waals surface area contributed by atoms with Crippen LogP contribution < -0.4 is 10.1 Å². The van der Waals surface area contributed by atoms with Crippen molar-refractivity contribution in [2.75, 3.05) is 12.4 Å². The number of carbonyl (C=O) groups is 1. The van der Waals surface area contributed by atoms with Gasteiger partial charge in [-0.05, 0) is 54.4 Å². The van der Waals surface area contributed by atoms with Crippen LogP contribution >= 0.6 is 11.8 Å². The van der Waals surface area contributed by atoms with E-state index in [0.717, 1.165) is 16.0 Å². The van der Waals surface area contributed by atoms with E-state index in [2.05, 4.69) is 5.32 Å². The van der Waals surface area contributed by atoms with Crippen molar-refractivity contribution in [2.45, 2.75) is 17.1 Å². The summed E-state index contributed by atoms with van der Waals surface area (Å²) in [5, 5.41) is 2.49. The highest BCUT2D eigenvalue weighted by Gasteiger charge is 2.23. The van der Waals surface area contributed by atoms with Crippen LogP contribution in [-0.2, 0) is 4.79 Å². The molecule has 1 amide bonds. The van der Waals surface area contributed by atoms with Crippen molar-refractivity contribution in [1.29, 1.82) is 0 Å². The molecule has 27 heavy (non-hydrogen) atoms. The first-order valence-electron chi connectivity index (χ1n) is 8.49. The van der Waals surface area contributed by atoms with Crippen LogP contribution in [0.5, 0.6) is 5.75 Å². The summed E-state index contributed by atoms with van der Waals surface area (Å²) in [4.78, 5) is 13.9. The van der Waals surface area contributed by atoms with Gasteiger partial charge in [0.05, 0.1) is 12.8 Å². The largest absolute Gasteiger partial charge is 0.495 e. The van der Waals surface area contributed by atoms with Gasteiger partial charge in [-0.25, -0.2) is 4.39 Å². The number of anilines is 1. The molecule has 0 aliphatic carbocycles. The monoisotopic (exact) mass is 381 g/mol. The number of benzene rings is 3. The van der Waals surface area contributed by atoms with Gasteiger partial charge >= 0.3 is 0 Å². The molecule has 3 aromatic carbocycles. The topological polar surface area (TPSA) is 38.3 Å². The maximum Gasteiger partial charge on any atom is 0.242 e. The minimum Gasteiger partial charge on any atom is -0.495 e. The number of rotatable bonds is 6. The molecular weight excluding hydrogens is 361 g/mol. The van der Waals surface area contributed by atoms with Crippen LogP contribution in [0.1, 0.15) is 16.4 Å². The molecule has 3 rings (SSSR count). The average molecular weight is 381 g/mol. The van der Waals surface area contributed by atoms with E-state index in [1.165, 1.54) is 23.9 Å². The van der Waals surface area contributed by atoms with Crippen LogP contribution in [-0.4, -0.2) is 13.0 Å². The van der Waals surface area contributed by atoms with Crippen LogP contribution in [0.4, 0.5) is 10.1 Å². The van der Waals surface area contributed by atoms with Gasteiger partial charge in [0.25, 0.3) is 0 Å². The van der Waals surface area contributed by atoms with Crippen LogP contribution in [0.15, 0.2) is 77.7 Å². The van der Waals surface area contributed by atoms with Gasteiger partial charge in [0.15, 0.2) is 0 Å². The Labute approximate surface area is 162 Å². The summed E-state index contributed by atoms with van der Waals surface area (Å²) in [5.41, 5.74) is 2.52. The molecule has 0 fully saturated rings. The van der Waals surface area contributed by atoms with Gasteiger partial charge < -0.3 is 10.1 Å². The molecule has 5 heteroatoms. The Morgan fingerprint density at radius 1 is 1.04 bits per heavy atom. The zero-order valence-electron chi connectivity index (χ0n) is 15.1. The van der Waals surface area contributed by atoms with Gasteiger partial charge in [0.1, 0.15) is 16.8 Å². The molecule has 0 spiro atoms. The minimum atomic E-state index is -0.484. The molecule has 0 saturated carbocycles. The van der Waals surface area contributed by atoms with Gasteiger partial charge in [-0.1, -0.05) is 36.4 Å². The molecule has 0 aliphatic heterocycles. The zero-order chi connectivity index (χ0) is 19.2. The van der Waals surface area contributed by atoms with Crippen molar-refractivity contribution in [1.82, 2.24) is 0 Å². The molecule has 3 aromatic rings. The molecular formula is C22H20FNO2S. The molecule has 0 radical (unpaired) electrons. The van der Waals surface area contributed by atoms with E-state index in [1.807, 2.05) is 55.5 Å². The second kappa shape index (κ2) is 8.73. The Bertz CT molecular complexity index is 913. The van der Waals surface area contributed by atoms with Crippen molar-refractivity contribution < 1.29 is 13.9 Å². The van der Waals surface area contributed by atoms with Gasteiger partial charge in [-0.15, -0.1) is 11.8 Å². The number of thioether (sulfide) groups is 1. The van der Waals surface area contributed by atoms with Gasteiger partial charge in [0.2, 0.25) is 5.91 Å². The molecule has 0 aromatic heterocycles. The van der Waals surface area contributed by atoms with Gasteiger partial charge in [-0.2, -0.15) is 0 Å². The average Bonchev–Trinajstić information content (AvgIpc) is 2.68. The third-order valence-electron chi connectivity index (χ3n) is 4.02. The highest BCUT2D eigenvalue weighted by Crippen LogP contribution is 2.37. The zero-order valence-corrected chi connectivity index (χ0v) is 15.9. The predicted molar refractivity (Wildman–Crippen MR) is 108 cm³/mol. The smallest absolute Gasteiger partial charge is 0.242 e. The summed E-state index contributed by atoms with van der Waals surface area (Å²) in [6.07, 6.45) is 0. The van der Waals surface area contributed by atoms with E-state index in [9.17, 15) is 9.18 Å². The number of aryl methyl sites for hydroxylation is 1. The van der Waals surface area contributed by atoms with E-state index in [-0.39, 0.29) is 11.7 Å². The Hall–Kier alpha value is -2.79. The molecule has 0 aliphatic rings. The molecule has 0 bridgehead atoms. The highest BCUT2D eigenvalue weighted by molar-refractivity contribution is 8.00. The third kappa shape index (κ3) is 4.89. The number of nitrogens with one attached hydrogen (secondary N) is 1. The third-order valence-corrected chi connectivity index (χ3v) is 5.29. The summed E-state index contributed by atoms with van der Waals surface area (Å²) >= 11 is 1.38. The first-order valence-corrected chi connectivity index (χ1v) is 9.37. The van der Waals surface area contributed by atoms with Crippen molar-refractivity contribution in [3.63, 3.8) is 0 Å². The molecule has 1 atom stereocenters. The Kier molecular flexibility index (Phi) is 6.14. The number of methoxy groups -OCH3 is 1. The summed E-state index contributed by atoms with van der Waals surface area (Å²) in [5.74, 6) is 0.136. The minimum absolute atomic E-state index is 0.167. The molecule has 3 nitrogen and oxygen atoms in total. The lowest BCUT2D eigenvalue weighted by atomic mass is 10.1. The summed E-state index contributed by atoms with van der Waals surface area (Å²) < 4.78 is 18.6. The molecule has 0 saturated heterocycles. The van der Waals surface area contributed by atoms with E-state index >= 15 is 0 Å². The fourth-order valence-corrected chi connectivity index (χ4v) is 3.69. The standard InChI is InChI=1S/C22H20FNO2S/c1-15-8-13-20(26-2)19(14-15)24-22(25)21(16-6-4-3-5-7-16)27-18-11-9-17(23)10-12-18/h3-14,21H,1-2H3,(H,24,25). The summed E-state index contributed by atoms with van der Waals surface area (Å²) in [6.45, 7) is 1.96. The van der Waals surface area contributed by atoms with Gasteiger partial charge in [-0.3, -0.25) is 4.79 Å². The van der Waals surface area contributed by atoms with Crippen LogP contribution in [0.2, 0.25) is 0 Å². The maximum absolute atomic E-state index is 13.2. The van der Waals surface area contributed by atoms with E-state index in [0.29, 0.717) is 11.4 Å². The number of amides is 1. The number of ether oxygens (including phenoxy) is 1. The van der Waals surface area contributed by atoms with E-state index in [1.54, 1.807) is 19.2 Å². The number of halogens is 1. The fraction of sp³-hybridized carbons (Fsp3) is 0.136. The van der Waals surface area contributed by atoms with E-state index in [4.69, 9.17) is 4.74 Å². The van der Waals surface area contributed by atoms with Crippen LogP contribution in [0, 0.1) is 12.7 Å². The Morgan fingerprint density at radius 2 is 1.74 bits per heavy atom. The lowest BCUT2D eigenvalue weighted by Crippen LogP contribution is -2.19. The molecule has 1 N–H and O–H groups in total. The SMILES string of the molecule is COc1ccc(C)cc1NC(=O)C(Sc1ccc(F)cc1)c1ccccc1. The molecule has 1 unspecified atom stereocenters. The number of carbonyl (C=O) groups excluding carboxylic acids is 1. The molecule has 138 valence electrons. The van der Waals surface area contributed by atoms with Crippen LogP contribution in [0.3, 0.4) is 0 Å². The molecule has 0 heterocycles. The maximum atomic E-state index is 13.2. The summed E-state index contributed by atoms with van der Waals surface area (Å²) in [6, 6.07) is 21.3.